The Morgan fingerprint density at radius 1 is 1.06 bits per heavy atom. The number of benzene rings is 1. The summed E-state index contributed by atoms with van der Waals surface area (Å²) in [4.78, 5) is 30.3. The average Bonchev–Trinajstić information content (AvgIpc) is 2.78. The van der Waals surface area contributed by atoms with E-state index in [1.54, 1.807) is 36.0 Å². The van der Waals surface area contributed by atoms with Crippen LogP contribution in [0.1, 0.15) is 6.92 Å². The Morgan fingerprint density at radius 2 is 1.71 bits per heavy atom. The lowest BCUT2D eigenvalue weighted by atomic mass is 10.2. The van der Waals surface area contributed by atoms with Gasteiger partial charge in [0.2, 0.25) is 15.9 Å². The Labute approximate surface area is 183 Å². The van der Waals surface area contributed by atoms with Gasteiger partial charge in [-0.1, -0.05) is 6.07 Å². The maximum atomic E-state index is 12.9. The number of rotatable bonds is 5. The number of sulfonamides is 1. The fourth-order valence-electron chi connectivity index (χ4n) is 3.67. The van der Waals surface area contributed by atoms with Gasteiger partial charge < -0.3 is 19.9 Å². The quantitative estimate of drug-likeness (QED) is 0.690. The first-order chi connectivity index (χ1) is 14.7. The van der Waals surface area contributed by atoms with Gasteiger partial charge in [-0.25, -0.2) is 13.2 Å². The van der Waals surface area contributed by atoms with E-state index in [9.17, 15) is 18.0 Å². The Bertz CT molecular complexity index is 893. The van der Waals surface area contributed by atoms with Crippen LogP contribution in [0.15, 0.2) is 29.2 Å². The zero-order valence-electron chi connectivity index (χ0n) is 18.3. The number of anilines is 1. The van der Waals surface area contributed by atoms with Gasteiger partial charge in [-0.05, 0) is 25.1 Å². The van der Waals surface area contributed by atoms with Crippen molar-refractivity contribution in [1.82, 2.24) is 19.0 Å². The molecule has 0 aliphatic carbocycles. The van der Waals surface area contributed by atoms with Crippen molar-refractivity contribution in [3.05, 3.63) is 24.3 Å². The van der Waals surface area contributed by atoms with Crippen LogP contribution in [0.3, 0.4) is 0 Å². The summed E-state index contributed by atoms with van der Waals surface area (Å²) in [5.41, 5.74) is 0.438. The molecular weight excluding hydrogens is 422 g/mol. The first-order valence-electron chi connectivity index (χ1n) is 10.4. The molecule has 0 aromatic heterocycles. The molecule has 31 heavy (non-hydrogen) atoms. The van der Waals surface area contributed by atoms with Crippen molar-refractivity contribution in [1.29, 1.82) is 0 Å². The normalized spacial score (nSPS) is 19.6. The van der Waals surface area contributed by atoms with E-state index < -0.39 is 16.1 Å². The largest absolute Gasteiger partial charge is 0.379 e. The van der Waals surface area contributed by atoms with Crippen molar-refractivity contribution >= 4 is 27.6 Å². The first kappa shape index (κ1) is 23.5. The third-order valence-corrected chi connectivity index (χ3v) is 7.50. The van der Waals surface area contributed by atoms with Crippen LogP contribution in [0.5, 0.6) is 0 Å². The molecule has 0 spiro atoms. The lowest BCUT2D eigenvalue weighted by molar-refractivity contribution is -0.121. The maximum absolute atomic E-state index is 12.9. The molecule has 1 unspecified atom stereocenters. The van der Waals surface area contributed by atoms with Crippen molar-refractivity contribution in [2.45, 2.75) is 17.9 Å². The number of hydrogen-bond acceptors (Lipinski definition) is 6. The second-order valence-corrected chi connectivity index (χ2v) is 9.85. The molecule has 3 rings (SSSR count). The molecule has 2 fully saturated rings. The average molecular weight is 454 g/mol. The highest BCUT2D eigenvalue weighted by atomic mass is 32.2. The summed E-state index contributed by atoms with van der Waals surface area (Å²) in [6.07, 6.45) is 0. The van der Waals surface area contributed by atoms with Crippen LogP contribution in [0.4, 0.5) is 10.5 Å². The number of carbonyl (C=O) groups excluding carboxylic acids is 2. The van der Waals surface area contributed by atoms with Gasteiger partial charge in [-0.15, -0.1) is 0 Å². The third-order valence-electron chi connectivity index (χ3n) is 5.60. The number of hydrogen-bond donors (Lipinski definition) is 1. The number of amides is 3. The Morgan fingerprint density at radius 3 is 2.32 bits per heavy atom. The second kappa shape index (κ2) is 9.94. The van der Waals surface area contributed by atoms with Crippen LogP contribution >= 0.6 is 0 Å². The van der Waals surface area contributed by atoms with Crippen molar-refractivity contribution < 1.29 is 22.7 Å². The molecule has 0 saturated carbocycles. The summed E-state index contributed by atoms with van der Waals surface area (Å²) < 4.78 is 32.3. The SMILES string of the molecule is CC(C(=O)Nc1cccc(S(=O)(=O)N2CCOCC2)c1)N1CCN(C(=O)N(C)C)CC1. The molecule has 1 atom stereocenters. The molecule has 0 radical (unpaired) electrons. The van der Waals surface area contributed by atoms with Crippen molar-refractivity contribution in [3.63, 3.8) is 0 Å². The molecule has 2 saturated heterocycles. The van der Waals surface area contributed by atoms with Gasteiger partial charge in [-0.2, -0.15) is 4.31 Å². The van der Waals surface area contributed by atoms with Crippen molar-refractivity contribution in [3.8, 4) is 0 Å². The van der Waals surface area contributed by atoms with Crippen molar-refractivity contribution in [2.75, 3.05) is 71.9 Å². The summed E-state index contributed by atoms with van der Waals surface area (Å²) in [6.45, 7) is 5.51. The van der Waals surface area contributed by atoms with Gasteiger partial charge in [-0.3, -0.25) is 9.69 Å². The van der Waals surface area contributed by atoms with Gasteiger partial charge in [0, 0.05) is 59.1 Å². The summed E-state index contributed by atoms with van der Waals surface area (Å²) in [7, 11) is -0.191. The molecule has 0 bridgehead atoms. The molecular formula is C20H31N5O5S. The number of ether oxygens (including phenoxy) is 1. The van der Waals surface area contributed by atoms with Gasteiger partial charge in [0.15, 0.2) is 0 Å². The van der Waals surface area contributed by atoms with Crippen LogP contribution < -0.4 is 5.32 Å². The lowest BCUT2D eigenvalue weighted by Crippen LogP contribution is -2.55. The minimum Gasteiger partial charge on any atom is -0.379 e. The highest BCUT2D eigenvalue weighted by molar-refractivity contribution is 7.89. The highest BCUT2D eigenvalue weighted by Gasteiger charge is 2.29. The standard InChI is InChI=1S/C20H31N5O5S/c1-16(23-7-9-24(10-8-23)20(27)22(2)3)19(26)21-17-5-4-6-18(15-17)31(28,29)25-11-13-30-14-12-25/h4-6,15-16H,7-14H2,1-3H3,(H,21,26). The number of nitrogens with zero attached hydrogens (tertiary/aromatic N) is 4. The smallest absolute Gasteiger partial charge is 0.319 e. The number of piperazine rings is 1. The second-order valence-electron chi connectivity index (χ2n) is 7.91. The monoisotopic (exact) mass is 453 g/mol. The molecule has 1 aromatic carbocycles. The summed E-state index contributed by atoms with van der Waals surface area (Å²) in [6, 6.07) is 5.88. The maximum Gasteiger partial charge on any atom is 0.319 e. The van der Waals surface area contributed by atoms with E-state index in [1.807, 2.05) is 11.8 Å². The van der Waals surface area contributed by atoms with E-state index in [-0.39, 0.29) is 16.8 Å². The number of morpholine rings is 1. The molecule has 2 heterocycles. The van der Waals surface area contributed by atoms with Crippen LogP contribution in [0, 0.1) is 0 Å². The minimum atomic E-state index is -3.63. The zero-order chi connectivity index (χ0) is 22.6. The van der Waals surface area contributed by atoms with E-state index >= 15 is 0 Å². The van der Waals surface area contributed by atoms with Crippen molar-refractivity contribution in [2.24, 2.45) is 0 Å². The summed E-state index contributed by atoms with van der Waals surface area (Å²) >= 11 is 0. The molecule has 1 aromatic rings. The van der Waals surface area contributed by atoms with Gasteiger partial charge in [0.25, 0.3) is 0 Å². The number of nitrogens with one attached hydrogen (secondary N) is 1. The fraction of sp³-hybridized carbons (Fsp3) is 0.600. The predicted octanol–water partition coefficient (Wildman–Crippen LogP) is 0.334. The predicted molar refractivity (Wildman–Crippen MR) is 116 cm³/mol. The summed E-state index contributed by atoms with van der Waals surface area (Å²) in [5, 5.41) is 2.83. The highest BCUT2D eigenvalue weighted by Crippen LogP contribution is 2.21. The molecule has 2 aliphatic rings. The molecule has 2 aliphatic heterocycles. The molecule has 10 nitrogen and oxygen atoms in total. The third kappa shape index (κ3) is 5.53. The van der Waals surface area contributed by atoms with E-state index in [2.05, 4.69) is 5.32 Å². The van der Waals surface area contributed by atoms with Gasteiger partial charge >= 0.3 is 6.03 Å². The zero-order valence-corrected chi connectivity index (χ0v) is 19.1. The number of urea groups is 1. The fourth-order valence-corrected chi connectivity index (χ4v) is 5.12. The van der Waals surface area contributed by atoms with Gasteiger partial charge in [0.1, 0.15) is 0 Å². The topological polar surface area (TPSA) is 102 Å². The Balaban J connectivity index is 1.60. The number of carbonyl (C=O) groups is 2. The molecule has 11 heteroatoms. The first-order valence-corrected chi connectivity index (χ1v) is 11.8. The lowest BCUT2D eigenvalue weighted by Gasteiger charge is -2.38. The minimum absolute atomic E-state index is 0.0324. The van der Waals surface area contributed by atoms with E-state index in [0.29, 0.717) is 58.2 Å². The van der Waals surface area contributed by atoms with Gasteiger partial charge in [0.05, 0.1) is 24.2 Å². The van der Waals surface area contributed by atoms with E-state index in [4.69, 9.17) is 4.74 Å². The van der Waals surface area contributed by atoms with E-state index in [0.717, 1.165) is 0 Å². The molecule has 172 valence electrons. The van der Waals surface area contributed by atoms with Crippen LogP contribution in [-0.4, -0.2) is 112 Å². The molecule has 1 N–H and O–H groups in total. The Hall–Kier alpha value is -2.21. The van der Waals surface area contributed by atoms with Crippen LogP contribution in [-0.2, 0) is 19.6 Å². The molecule has 3 amide bonds. The summed E-state index contributed by atoms with van der Waals surface area (Å²) in [5.74, 6) is -0.215. The van der Waals surface area contributed by atoms with Crippen LogP contribution in [0.2, 0.25) is 0 Å². The van der Waals surface area contributed by atoms with Crippen LogP contribution in [0.25, 0.3) is 0 Å². The van der Waals surface area contributed by atoms with E-state index in [1.165, 1.54) is 16.4 Å². The Kier molecular flexibility index (Phi) is 7.52.